The van der Waals surface area contributed by atoms with Crippen LogP contribution in [-0.2, 0) is 20.9 Å². The zero-order valence-corrected chi connectivity index (χ0v) is 13.5. The zero-order chi connectivity index (χ0) is 16.8. The second-order valence-corrected chi connectivity index (χ2v) is 6.47. The van der Waals surface area contributed by atoms with Crippen molar-refractivity contribution in [3.8, 4) is 0 Å². The molecule has 0 bridgehead atoms. The highest BCUT2D eigenvalue weighted by atomic mass is 16.5. The number of esters is 1. The molecule has 0 aliphatic carbocycles. The highest BCUT2D eigenvalue weighted by Crippen LogP contribution is 2.35. The number of hydrogen-bond donors (Lipinski definition) is 1. The maximum absolute atomic E-state index is 12.5. The van der Waals surface area contributed by atoms with Crippen molar-refractivity contribution in [2.24, 2.45) is 23.0 Å². The Hall–Kier alpha value is -2.10. The fourth-order valence-corrected chi connectivity index (χ4v) is 2.54. The zero-order valence-electron chi connectivity index (χ0n) is 13.5. The van der Waals surface area contributed by atoms with Crippen LogP contribution in [0.25, 0.3) is 0 Å². The van der Waals surface area contributed by atoms with Crippen molar-refractivity contribution in [2.75, 3.05) is 0 Å². The van der Waals surface area contributed by atoms with Crippen LogP contribution in [0.3, 0.4) is 0 Å². The molecule has 2 N–H and O–H groups in total. The van der Waals surface area contributed by atoms with E-state index in [2.05, 4.69) is 6.58 Å². The molecule has 0 saturated carbocycles. The van der Waals surface area contributed by atoms with Gasteiger partial charge in [0.15, 0.2) is 0 Å². The normalized spacial score (nSPS) is 14.0. The van der Waals surface area contributed by atoms with Gasteiger partial charge in [-0.3, -0.25) is 9.59 Å². The molecule has 0 radical (unpaired) electrons. The third-order valence-corrected chi connectivity index (χ3v) is 3.60. The lowest BCUT2D eigenvalue weighted by molar-refractivity contribution is -0.159. The van der Waals surface area contributed by atoms with Crippen LogP contribution in [0.2, 0.25) is 0 Å². The molecular weight excluding hydrogens is 278 g/mol. The van der Waals surface area contributed by atoms with Gasteiger partial charge in [0, 0.05) is 0 Å². The van der Waals surface area contributed by atoms with Crippen LogP contribution in [0.4, 0.5) is 0 Å². The van der Waals surface area contributed by atoms with Crippen LogP contribution in [0, 0.1) is 17.3 Å². The fraction of sp³-hybridized carbons (Fsp3) is 0.444. The van der Waals surface area contributed by atoms with E-state index in [1.165, 1.54) is 0 Å². The van der Waals surface area contributed by atoms with Gasteiger partial charge in [-0.15, -0.1) is 6.58 Å². The molecule has 4 heteroatoms. The molecule has 0 aliphatic heterocycles. The van der Waals surface area contributed by atoms with E-state index >= 15 is 0 Å². The van der Waals surface area contributed by atoms with E-state index in [1.54, 1.807) is 6.08 Å². The first kappa shape index (κ1) is 18.0. The number of hydrogen-bond acceptors (Lipinski definition) is 3. The predicted molar refractivity (Wildman–Crippen MR) is 86.7 cm³/mol. The molecule has 22 heavy (non-hydrogen) atoms. The van der Waals surface area contributed by atoms with Crippen molar-refractivity contribution >= 4 is 11.9 Å². The quantitative estimate of drug-likeness (QED) is 0.621. The van der Waals surface area contributed by atoms with Gasteiger partial charge < -0.3 is 10.5 Å². The molecule has 120 valence electrons. The number of nitrogens with two attached hydrogens (primary N) is 1. The summed E-state index contributed by atoms with van der Waals surface area (Å²) < 4.78 is 5.41. The van der Waals surface area contributed by atoms with Gasteiger partial charge in [0.2, 0.25) is 5.91 Å². The minimum absolute atomic E-state index is 0.186. The molecule has 1 aromatic carbocycles. The number of rotatable bonds is 7. The molecule has 0 saturated heterocycles. The smallest absolute Gasteiger partial charge is 0.310 e. The van der Waals surface area contributed by atoms with Crippen LogP contribution in [0.5, 0.6) is 0 Å². The molecule has 0 heterocycles. The summed E-state index contributed by atoms with van der Waals surface area (Å²) in [5.41, 5.74) is 5.94. The van der Waals surface area contributed by atoms with Crippen molar-refractivity contribution in [3.63, 3.8) is 0 Å². The van der Waals surface area contributed by atoms with Crippen molar-refractivity contribution < 1.29 is 14.3 Å². The van der Waals surface area contributed by atoms with E-state index in [9.17, 15) is 9.59 Å². The molecule has 0 aliphatic rings. The Bertz CT molecular complexity index is 517. The number of allylic oxidation sites excluding steroid dienone is 1. The molecule has 1 amide bonds. The van der Waals surface area contributed by atoms with Crippen molar-refractivity contribution in [3.05, 3.63) is 48.6 Å². The van der Waals surface area contributed by atoms with Gasteiger partial charge in [-0.25, -0.2) is 0 Å². The van der Waals surface area contributed by atoms with E-state index in [-0.39, 0.29) is 6.61 Å². The van der Waals surface area contributed by atoms with Crippen LogP contribution in [0.1, 0.15) is 32.8 Å². The highest BCUT2D eigenvalue weighted by Gasteiger charge is 2.41. The van der Waals surface area contributed by atoms with Gasteiger partial charge in [-0.1, -0.05) is 57.2 Å². The Balaban J connectivity index is 2.89. The summed E-state index contributed by atoms with van der Waals surface area (Å²) in [6.45, 7) is 9.54. The SMILES string of the molecule is C=CCC(C(N)=O)[C@H](C(=O)OCc1ccccc1)C(C)(C)C. The number of carbonyl (C=O) groups is 2. The van der Waals surface area contributed by atoms with Crippen molar-refractivity contribution in [2.45, 2.75) is 33.8 Å². The van der Waals surface area contributed by atoms with E-state index in [1.807, 2.05) is 51.1 Å². The summed E-state index contributed by atoms with van der Waals surface area (Å²) in [6, 6.07) is 9.43. The van der Waals surface area contributed by atoms with E-state index in [0.717, 1.165) is 5.56 Å². The molecule has 4 nitrogen and oxygen atoms in total. The number of primary amides is 1. The lowest BCUT2D eigenvalue weighted by Gasteiger charge is -2.33. The molecule has 2 atom stereocenters. The van der Waals surface area contributed by atoms with E-state index < -0.39 is 29.1 Å². The number of benzene rings is 1. The Kier molecular flexibility index (Phi) is 6.35. The highest BCUT2D eigenvalue weighted by molar-refractivity contribution is 5.85. The average molecular weight is 303 g/mol. The van der Waals surface area contributed by atoms with Crippen molar-refractivity contribution in [1.29, 1.82) is 0 Å². The Morgan fingerprint density at radius 1 is 1.27 bits per heavy atom. The first-order valence-corrected chi connectivity index (χ1v) is 7.38. The Morgan fingerprint density at radius 3 is 2.32 bits per heavy atom. The van der Waals surface area contributed by atoms with Crippen LogP contribution in [0.15, 0.2) is 43.0 Å². The monoisotopic (exact) mass is 303 g/mol. The number of ether oxygens (including phenoxy) is 1. The molecular formula is C18H25NO3. The van der Waals surface area contributed by atoms with Gasteiger partial charge in [-0.2, -0.15) is 0 Å². The Labute approximate surface area is 132 Å². The standard InChI is InChI=1S/C18H25NO3/c1-5-9-14(16(19)20)15(18(2,3)4)17(21)22-12-13-10-7-6-8-11-13/h5-8,10-11,14-15H,1,9,12H2,2-4H3,(H2,19,20)/t14?,15-/m1/s1. The first-order chi connectivity index (χ1) is 10.3. The average Bonchev–Trinajstić information content (AvgIpc) is 2.44. The maximum atomic E-state index is 12.5. The third kappa shape index (κ3) is 5.02. The summed E-state index contributed by atoms with van der Waals surface area (Å²) in [6.07, 6.45) is 1.97. The third-order valence-electron chi connectivity index (χ3n) is 3.60. The summed E-state index contributed by atoms with van der Waals surface area (Å²) >= 11 is 0. The minimum Gasteiger partial charge on any atom is -0.461 e. The largest absolute Gasteiger partial charge is 0.461 e. The molecule has 1 aromatic rings. The lowest BCUT2D eigenvalue weighted by atomic mass is 9.71. The molecule has 0 aromatic heterocycles. The second-order valence-electron chi connectivity index (χ2n) is 6.47. The summed E-state index contributed by atoms with van der Waals surface area (Å²) in [7, 11) is 0. The lowest BCUT2D eigenvalue weighted by Crippen LogP contribution is -2.42. The van der Waals surface area contributed by atoms with Crippen molar-refractivity contribution in [1.82, 2.24) is 0 Å². The van der Waals surface area contributed by atoms with E-state index in [4.69, 9.17) is 10.5 Å². The fourth-order valence-electron chi connectivity index (χ4n) is 2.54. The van der Waals surface area contributed by atoms with Crippen LogP contribution < -0.4 is 5.73 Å². The molecule has 0 spiro atoms. The minimum atomic E-state index is -0.610. The first-order valence-electron chi connectivity index (χ1n) is 7.38. The second kappa shape index (κ2) is 7.78. The summed E-state index contributed by atoms with van der Waals surface area (Å²) in [5.74, 6) is -2.12. The van der Waals surface area contributed by atoms with Gasteiger partial charge in [-0.05, 0) is 17.4 Å². The van der Waals surface area contributed by atoms with Crippen LogP contribution >= 0.6 is 0 Å². The van der Waals surface area contributed by atoms with Crippen LogP contribution in [-0.4, -0.2) is 11.9 Å². The number of carbonyl (C=O) groups excluding carboxylic acids is 2. The molecule has 0 fully saturated rings. The van der Waals surface area contributed by atoms with Gasteiger partial charge in [0.25, 0.3) is 0 Å². The number of amides is 1. The predicted octanol–water partition coefficient (Wildman–Crippen LogP) is 3.07. The maximum Gasteiger partial charge on any atom is 0.310 e. The summed E-state index contributed by atoms with van der Waals surface area (Å²) in [4.78, 5) is 24.2. The van der Waals surface area contributed by atoms with E-state index in [0.29, 0.717) is 6.42 Å². The Morgan fingerprint density at radius 2 is 1.86 bits per heavy atom. The molecule has 1 rings (SSSR count). The molecule has 1 unspecified atom stereocenters. The summed E-state index contributed by atoms with van der Waals surface area (Å²) in [5, 5.41) is 0. The van der Waals surface area contributed by atoms with Gasteiger partial charge in [0.1, 0.15) is 6.61 Å². The van der Waals surface area contributed by atoms with Gasteiger partial charge in [0.05, 0.1) is 11.8 Å². The van der Waals surface area contributed by atoms with Gasteiger partial charge >= 0.3 is 5.97 Å². The topological polar surface area (TPSA) is 69.4 Å².